The molecular weight excluding hydrogens is 312 g/mol. The van der Waals surface area contributed by atoms with Crippen molar-refractivity contribution in [1.29, 1.82) is 0 Å². The second kappa shape index (κ2) is 7.65. The van der Waals surface area contributed by atoms with Crippen molar-refractivity contribution in [2.24, 2.45) is 0 Å². The number of amides is 1. The first-order valence-electron chi connectivity index (χ1n) is 8.59. The van der Waals surface area contributed by atoms with Crippen LogP contribution in [0.1, 0.15) is 43.8 Å². The summed E-state index contributed by atoms with van der Waals surface area (Å²) in [5.74, 6) is 0.0484. The molecule has 1 aromatic rings. The first-order valence-corrected chi connectivity index (χ1v) is 8.96. The maximum atomic E-state index is 12.4. The molecule has 0 aliphatic carbocycles. The molecule has 23 heavy (non-hydrogen) atoms. The fraction of sp³-hybridized carbons (Fsp3) is 0.611. The monoisotopic (exact) mass is 336 g/mol. The number of nitrogens with zero attached hydrogens (tertiary/aromatic N) is 2. The van der Waals surface area contributed by atoms with E-state index in [1.165, 1.54) is 25.9 Å². The summed E-state index contributed by atoms with van der Waals surface area (Å²) in [6.07, 6.45) is 4.14. The smallest absolute Gasteiger partial charge is 0.225 e. The largest absolute Gasteiger partial charge is 0.388 e. The van der Waals surface area contributed by atoms with Gasteiger partial charge in [0.25, 0.3) is 0 Å². The lowest BCUT2D eigenvalue weighted by atomic mass is 10.0. The van der Waals surface area contributed by atoms with Crippen LogP contribution in [0.5, 0.6) is 0 Å². The van der Waals surface area contributed by atoms with Crippen LogP contribution >= 0.6 is 11.6 Å². The maximum Gasteiger partial charge on any atom is 0.225 e. The Bertz CT molecular complexity index is 520. The second-order valence-corrected chi connectivity index (χ2v) is 7.06. The molecule has 2 heterocycles. The Kier molecular flexibility index (Phi) is 5.57. The molecule has 2 aliphatic heterocycles. The zero-order chi connectivity index (χ0) is 16.2. The quantitative estimate of drug-likeness (QED) is 0.919. The molecule has 0 spiro atoms. The van der Waals surface area contributed by atoms with Crippen molar-refractivity contribution in [1.82, 2.24) is 9.80 Å². The highest BCUT2D eigenvalue weighted by Crippen LogP contribution is 2.24. The Morgan fingerprint density at radius 3 is 2.35 bits per heavy atom. The summed E-state index contributed by atoms with van der Waals surface area (Å²) in [7, 11) is 0. The van der Waals surface area contributed by atoms with Crippen LogP contribution in [0.4, 0.5) is 0 Å². The van der Waals surface area contributed by atoms with E-state index < -0.39 is 6.10 Å². The zero-order valence-electron chi connectivity index (χ0n) is 13.5. The lowest BCUT2D eigenvalue weighted by Crippen LogP contribution is -2.46. The molecule has 2 aliphatic rings. The number of likely N-dealkylation sites (tertiary alicyclic amines) is 2. The molecule has 1 atom stereocenters. The number of rotatable bonds is 4. The number of hydrogen-bond acceptors (Lipinski definition) is 3. The zero-order valence-corrected chi connectivity index (χ0v) is 14.2. The van der Waals surface area contributed by atoms with Gasteiger partial charge in [-0.05, 0) is 56.5 Å². The number of carbonyl (C=O) groups excluding carboxylic acids is 1. The van der Waals surface area contributed by atoms with E-state index >= 15 is 0 Å². The highest BCUT2D eigenvalue weighted by atomic mass is 35.5. The Morgan fingerprint density at radius 2 is 1.74 bits per heavy atom. The SMILES string of the molecule is O=C(CC(O)c1ccc(Cl)cc1)N1CCC(N2CCCC2)CC1. The average Bonchev–Trinajstić information content (AvgIpc) is 3.10. The summed E-state index contributed by atoms with van der Waals surface area (Å²) in [6, 6.07) is 7.68. The van der Waals surface area contributed by atoms with Crippen LogP contribution in [0.2, 0.25) is 5.02 Å². The van der Waals surface area contributed by atoms with Crippen LogP contribution < -0.4 is 0 Å². The van der Waals surface area contributed by atoms with Gasteiger partial charge in [-0.1, -0.05) is 23.7 Å². The van der Waals surface area contributed by atoms with Gasteiger partial charge < -0.3 is 14.9 Å². The van der Waals surface area contributed by atoms with Gasteiger partial charge in [0.2, 0.25) is 5.91 Å². The molecule has 4 nitrogen and oxygen atoms in total. The molecule has 126 valence electrons. The number of aliphatic hydroxyl groups is 1. The lowest BCUT2D eigenvalue weighted by Gasteiger charge is -2.37. The minimum atomic E-state index is -0.754. The van der Waals surface area contributed by atoms with Crippen LogP contribution in [0, 0.1) is 0 Å². The van der Waals surface area contributed by atoms with Crippen molar-refractivity contribution >= 4 is 17.5 Å². The van der Waals surface area contributed by atoms with Crippen molar-refractivity contribution in [3.8, 4) is 0 Å². The average molecular weight is 337 g/mol. The van der Waals surface area contributed by atoms with E-state index in [0.717, 1.165) is 31.5 Å². The highest BCUT2D eigenvalue weighted by molar-refractivity contribution is 6.30. The van der Waals surface area contributed by atoms with Crippen molar-refractivity contribution in [3.05, 3.63) is 34.9 Å². The van der Waals surface area contributed by atoms with Crippen LogP contribution in [-0.2, 0) is 4.79 Å². The minimum absolute atomic E-state index is 0.0484. The molecule has 1 N–H and O–H groups in total. The number of hydrogen-bond donors (Lipinski definition) is 1. The molecule has 2 saturated heterocycles. The first-order chi connectivity index (χ1) is 11.1. The fourth-order valence-corrected chi connectivity index (χ4v) is 3.81. The molecule has 0 aromatic heterocycles. The molecule has 0 radical (unpaired) electrons. The number of piperidine rings is 1. The molecule has 1 amide bonds. The van der Waals surface area contributed by atoms with Gasteiger partial charge in [-0.15, -0.1) is 0 Å². The number of halogens is 1. The predicted molar refractivity (Wildman–Crippen MR) is 91.4 cm³/mol. The van der Waals surface area contributed by atoms with Crippen LogP contribution in [-0.4, -0.2) is 53.0 Å². The topological polar surface area (TPSA) is 43.8 Å². The van der Waals surface area contributed by atoms with E-state index in [2.05, 4.69) is 4.90 Å². The summed E-state index contributed by atoms with van der Waals surface area (Å²) >= 11 is 5.85. The Hall–Kier alpha value is -1.10. The summed E-state index contributed by atoms with van der Waals surface area (Å²) in [5.41, 5.74) is 0.745. The van der Waals surface area contributed by atoms with E-state index in [4.69, 9.17) is 11.6 Å². The van der Waals surface area contributed by atoms with Gasteiger partial charge in [-0.2, -0.15) is 0 Å². The number of benzene rings is 1. The molecule has 5 heteroatoms. The molecular formula is C18H25ClN2O2. The van der Waals surface area contributed by atoms with Gasteiger partial charge in [-0.3, -0.25) is 4.79 Å². The number of aliphatic hydroxyl groups excluding tert-OH is 1. The second-order valence-electron chi connectivity index (χ2n) is 6.63. The summed E-state index contributed by atoms with van der Waals surface area (Å²) in [6.45, 7) is 4.06. The van der Waals surface area contributed by atoms with E-state index in [1.54, 1.807) is 24.3 Å². The third-order valence-corrected chi connectivity index (χ3v) is 5.35. The Morgan fingerprint density at radius 1 is 1.13 bits per heavy atom. The van der Waals surface area contributed by atoms with E-state index in [1.807, 2.05) is 4.90 Å². The van der Waals surface area contributed by atoms with Gasteiger partial charge in [0.05, 0.1) is 12.5 Å². The van der Waals surface area contributed by atoms with Crippen molar-refractivity contribution in [2.45, 2.75) is 44.2 Å². The molecule has 2 fully saturated rings. The van der Waals surface area contributed by atoms with Gasteiger partial charge >= 0.3 is 0 Å². The van der Waals surface area contributed by atoms with Crippen LogP contribution in [0.15, 0.2) is 24.3 Å². The first kappa shape index (κ1) is 16.7. The lowest BCUT2D eigenvalue weighted by molar-refractivity contribution is -0.134. The molecule has 1 aromatic carbocycles. The third kappa shape index (κ3) is 4.25. The Balaban J connectivity index is 1.48. The fourth-order valence-electron chi connectivity index (χ4n) is 3.68. The minimum Gasteiger partial charge on any atom is -0.388 e. The van der Waals surface area contributed by atoms with E-state index in [-0.39, 0.29) is 12.3 Å². The van der Waals surface area contributed by atoms with Crippen molar-refractivity contribution in [3.63, 3.8) is 0 Å². The molecule has 0 bridgehead atoms. The molecule has 3 rings (SSSR count). The van der Waals surface area contributed by atoms with E-state index in [9.17, 15) is 9.90 Å². The van der Waals surface area contributed by atoms with Crippen LogP contribution in [0.25, 0.3) is 0 Å². The van der Waals surface area contributed by atoms with Crippen molar-refractivity contribution < 1.29 is 9.90 Å². The molecule has 1 unspecified atom stereocenters. The summed E-state index contributed by atoms with van der Waals surface area (Å²) < 4.78 is 0. The predicted octanol–water partition coefficient (Wildman–Crippen LogP) is 2.85. The van der Waals surface area contributed by atoms with E-state index in [0.29, 0.717) is 11.1 Å². The number of carbonyl (C=O) groups is 1. The Labute approximate surface area is 143 Å². The summed E-state index contributed by atoms with van der Waals surface area (Å²) in [4.78, 5) is 16.9. The van der Waals surface area contributed by atoms with Gasteiger partial charge in [-0.25, -0.2) is 0 Å². The molecule has 0 saturated carbocycles. The maximum absolute atomic E-state index is 12.4. The van der Waals surface area contributed by atoms with Gasteiger partial charge in [0.1, 0.15) is 0 Å². The third-order valence-electron chi connectivity index (χ3n) is 5.10. The normalized spacial score (nSPS) is 21.6. The summed E-state index contributed by atoms with van der Waals surface area (Å²) in [5, 5.41) is 10.9. The standard InChI is InChI=1S/C18H25ClN2O2/c19-15-5-3-14(4-6-15)17(22)13-18(23)21-11-7-16(8-12-21)20-9-1-2-10-20/h3-6,16-17,22H,1-2,7-13H2. The van der Waals surface area contributed by atoms with Crippen LogP contribution in [0.3, 0.4) is 0 Å². The highest BCUT2D eigenvalue weighted by Gasteiger charge is 2.28. The van der Waals surface area contributed by atoms with Crippen molar-refractivity contribution in [2.75, 3.05) is 26.2 Å². The van der Waals surface area contributed by atoms with Gasteiger partial charge in [0.15, 0.2) is 0 Å². The van der Waals surface area contributed by atoms with Gasteiger partial charge in [0, 0.05) is 24.2 Å².